The third-order valence-corrected chi connectivity index (χ3v) is 2.41. The topological polar surface area (TPSA) is 104 Å². The van der Waals surface area contributed by atoms with Gasteiger partial charge in [-0.3, -0.25) is 0 Å². The minimum Gasteiger partial charge on any atom is -0.416 e. The van der Waals surface area contributed by atoms with Crippen molar-refractivity contribution in [1.29, 1.82) is 0 Å². The Hall–Kier alpha value is -1.76. The molecule has 2 heterocycles. The maximum Gasteiger partial charge on any atom is 0.282 e. The fraction of sp³-hybridized carbons (Fsp3) is 0.125. The van der Waals surface area contributed by atoms with Gasteiger partial charge < -0.3 is 15.9 Å². The number of aryl methyl sites for hydroxylation is 1. The molecular weight excluding hydrogens is 214 g/mol. The van der Waals surface area contributed by atoms with Gasteiger partial charge in [0.25, 0.3) is 5.22 Å². The molecule has 0 aliphatic rings. The van der Waals surface area contributed by atoms with Gasteiger partial charge in [0.05, 0.1) is 5.69 Å². The van der Waals surface area contributed by atoms with Gasteiger partial charge in [-0.2, -0.15) is 0 Å². The highest BCUT2D eigenvalue weighted by Crippen LogP contribution is 2.26. The maximum absolute atomic E-state index is 5.56. The molecule has 0 spiro atoms. The molecule has 4 N–H and O–H groups in total. The van der Waals surface area contributed by atoms with E-state index in [4.69, 9.17) is 15.9 Å². The molecule has 78 valence electrons. The normalized spacial score (nSPS) is 10.5. The quantitative estimate of drug-likeness (QED) is 0.785. The Labute approximate surface area is 90.1 Å². The lowest BCUT2D eigenvalue weighted by molar-refractivity contribution is 0.429. The van der Waals surface area contributed by atoms with Gasteiger partial charge in [-0.25, -0.2) is 4.98 Å². The molecule has 15 heavy (non-hydrogen) atoms. The Bertz CT molecular complexity index is 484. The summed E-state index contributed by atoms with van der Waals surface area (Å²) in [5.74, 6) is 0.817. The predicted octanol–water partition coefficient (Wildman–Crippen LogP) is 1.09. The largest absolute Gasteiger partial charge is 0.416 e. The maximum atomic E-state index is 5.56. The fourth-order valence-corrected chi connectivity index (χ4v) is 1.64. The van der Waals surface area contributed by atoms with Crippen molar-refractivity contribution in [3.8, 4) is 0 Å². The van der Waals surface area contributed by atoms with E-state index in [2.05, 4.69) is 15.2 Å². The van der Waals surface area contributed by atoms with E-state index < -0.39 is 0 Å². The van der Waals surface area contributed by atoms with E-state index in [9.17, 15) is 0 Å². The van der Waals surface area contributed by atoms with Crippen LogP contribution in [0.1, 0.15) is 5.89 Å². The molecular formula is C8H9N5OS. The van der Waals surface area contributed by atoms with Crippen molar-refractivity contribution in [2.75, 3.05) is 11.5 Å². The van der Waals surface area contributed by atoms with Gasteiger partial charge in [-0.05, 0) is 23.9 Å². The van der Waals surface area contributed by atoms with Crippen molar-refractivity contribution in [1.82, 2.24) is 15.2 Å². The Balaban J connectivity index is 2.21. The van der Waals surface area contributed by atoms with Gasteiger partial charge in [-0.1, -0.05) is 0 Å². The van der Waals surface area contributed by atoms with Gasteiger partial charge in [0.1, 0.15) is 10.8 Å². The van der Waals surface area contributed by atoms with Gasteiger partial charge in [0, 0.05) is 6.92 Å². The number of rotatable bonds is 2. The summed E-state index contributed by atoms with van der Waals surface area (Å²) in [4.78, 5) is 4.07. The second-order valence-electron chi connectivity index (χ2n) is 2.81. The number of hydrogen-bond donors (Lipinski definition) is 2. The van der Waals surface area contributed by atoms with E-state index >= 15 is 0 Å². The highest BCUT2D eigenvalue weighted by Gasteiger charge is 2.07. The number of nitrogen functional groups attached to an aromatic ring is 2. The molecule has 0 bridgehead atoms. The van der Waals surface area contributed by atoms with Crippen LogP contribution >= 0.6 is 11.8 Å². The first-order valence-electron chi connectivity index (χ1n) is 4.15. The van der Waals surface area contributed by atoms with Crippen LogP contribution in [0.4, 0.5) is 11.5 Å². The molecule has 0 saturated heterocycles. The van der Waals surface area contributed by atoms with Crippen molar-refractivity contribution in [3.63, 3.8) is 0 Å². The molecule has 0 fully saturated rings. The summed E-state index contributed by atoms with van der Waals surface area (Å²) in [6.45, 7) is 1.72. The van der Waals surface area contributed by atoms with Crippen LogP contribution in [-0.2, 0) is 0 Å². The van der Waals surface area contributed by atoms with Crippen LogP contribution in [0.5, 0.6) is 0 Å². The van der Waals surface area contributed by atoms with Crippen molar-refractivity contribution in [3.05, 3.63) is 18.0 Å². The summed E-state index contributed by atoms with van der Waals surface area (Å²) in [5, 5.41) is 8.63. The first kappa shape index (κ1) is 9.78. The molecule has 0 saturated carbocycles. The van der Waals surface area contributed by atoms with Gasteiger partial charge >= 0.3 is 0 Å². The van der Waals surface area contributed by atoms with E-state index in [0.29, 0.717) is 27.6 Å². The average Bonchev–Trinajstić information content (AvgIpc) is 2.58. The Morgan fingerprint density at radius 3 is 2.67 bits per heavy atom. The highest BCUT2D eigenvalue weighted by molar-refractivity contribution is 7.99. The van der Waals surface area contributed by atoms with Crippen molar-refractivity contribution < 1.29 is 4.42 Å². The van der Waals surface area contributed by atoms with Gasteiger partial charge in [0.15, 0.2) is 0 Å². The molecule has 0 aromatic carbocycles. The average molecular weight is 223 g/mol. The Morgan fingerprint density at radius 2 is 2.07 bits per heavy atom. The van der Waals surface area contributed by atoms with Crippen LogP contribution in [0.15, 0.2) is 26.8 Å². The zero-order chi connectivity index (χ0) is 10.8. The zero-order valence-corrected chi connectivity index (χ0v) is 8.78. The SMILES string of the molecule is Cc1nnc(Sc2ccc(N)c(N)n2)o1. The van der Waals surface area contributed by atoms with Gasteiger partial charge in [-0.15, -0.1) is 10.2 Å². The number of hydrogen-bond acceptors (Lipinski definition) is 7. The second-order valence-corrected chi connectivity index (χ2v) is 3.78. The Morgan fingerprint density at radius 1 is 1.27 bits per heavy atom. The summed E-state index contributed by atoms with van der Waals surface area (Å²) in [7, 11) is 0. The second kappa shape index (κ2) is 3.77. The molecule has 0 amide bonds. The number of nitrogens with two attached hydrogens (primary N) is 2. The Kier molecular flexibility index (Phi) is 2.46. The summed E-state index contributed by atoms with van der Waals surface area (Å²) in [6, 6.07) is 3.43. The smallest absolute Gasteiger partial charge is 0.282 e. The fourth-order valence-electron chi connectivity index (χ4n) is 0.933. The number of anilines is 2. The van der Waals surface area contributed by atoms with Crippen LogP contribution in [0, 0.1) is 6.92 Å². The molecule has 0 aliphatic carbocycles. The van der Waals surface area contributed by atoms with E-state index in [1.165, 1.54) is 11.8 Å². The molecule has 0 aliphatic heterocycles. The lowest BCUT2D eigenvalue weighted by Gasteiger charge is -2.00. The summed E-state index contributed by atoms with van der Waals surface area (Å²) < 4.78 is 5.19. The van der Waals surface area contributed by atoms with Crippen LogP contribution in [0.3, 0.4) is 0 Å². The molecule has 0 radical (unpaired) electrons. The minimum absolute atomic E-state index is 0.302. The number of nitrogens with zero attached hydrogens (tertiary/aromatic N) is 3. The van der Waals surface area contributed by atoms with Crippen LogP contribution < -0.4 is 11.5 Å². The molecule has 7 heteroatoms. The van der Waals surface area contributed by atoms with Crippen molar-refractivity contribution in [2.45, 2.75) is 17.2 Å². The van der Waals surface area contributed by atoms with E-state index in [-0.39, 0.29) is 0 Å². The predicted molar refractivity (Wildman–Crippen MR) is 56.2 cm³/mol. The zero-order valence-electron chi connectivity index (χ0n) is 7.97. The van der Waals surface area contributed by atoms with Gasteiger partial charge in [0.2, 0.25) is 5.89 Å². The van der Waals surface area contributed by atoms with Crippen molar-refractivity contribution >= 4 is 23.3 Å². The highest BCUT2D eigenvalue weighted by atomic mass is 32.2. The third-order valence-electron chi connectivity index (χ3n) is 1.63. The molecule has 6 nitrogen and oxygen atoms in total. The molecule has 0 atom stereocenters. The first-order chi connectivity index (χ1) is 7.15. The molecule has 0 unspecified atom stereocenters. The lowest BCUT2D eigenvalue weighted by atomic mass is 10.4. The van der Waals surface area contributed by atoms with Crippen molar-refractivity contribution in [2.24, 2.45) is 0 Å². The summed E-state index contributed by atoms with van der Waals surface area (Å²) in [5.41, 5.74) is 11.6. The van der Waals surface area contributed by atoms with Crippen LogP contribution in [0.25, 0.3) is 0 Å². The minimum atomic E-state index is 0.302. The third kappa shape index (κ3) is 2.18. The standard InChI is InChI=1S/C8H9N5OS/c1-4-12-13-8(14-4)15-6-3-2-5(9)7(10)11-6/h2-3H,9H2,1H3,(H2,10,11). The summed E-state index contributed by atoms with van der Waals surface area (Å²) >= 11 is 1.24. The molecule has 2 aromatic heterocycles. The molecule has 2 rings (SSSR count). The van der Waals surface area contributed by atoms with E-state index in [1.54, 1.807) is 19.1 Å². The number of pyridine rings is 1. The van der Waals surface area contributed by atoms with Crippen LogP contribution in [0.2, 0.25) is 0 Å². The summed E-state index contributed by atoms with van der Waals surface area (Å²) in [6.07, 6.45) is 0. The first-order valence-corrected chi connectivity index (χ1v) is 4.97. The van der Waals surface area contributed by atoms with Crippen LogP contribution in [-0.4, -0.2) is 15.2 Å². The van der Waals surface area contributed by atoms with E-state index in [1.807, 2.05) is 0 Å². The number of aromatic nitrogens is 3. The van der Waals surface area contributed by atoms with E-state index in [0.717, 1.165) is 0 Å². The monoisotopic (exact) mass is 223 g/mol. The molecule has 2 aromatic rings. The lowest BCUT2D eigenvalue weighted by Crippen LogP contribution is -1.97.